The average Bonchev–Trinajstić information content (AvgIpc) is 0.804. The third-order valence-corrected chi connectivity index (χ3v) is 14.0. The van der Waals surface area contributed by atoms with E-state index in [0.29, 0.717) is 44.1 Å². The average molecular weight is 1480 g/mol. The molecule has 0 bridgehead atoms. The first-order chi connectivity index (χ1) is 46.4. The Kier molecular flexibility index (Phi) is 33.5. The van der Waals surface area contributed by atoms with Crippen molar-refractivity contribution in [3.05, 3.63) is 259 Å². The second-order valence-corrected chi connectivity index (χ2v) is 23.7. The summed E-state index contributed by atoms with van der Waals surface area (Å²) >= 11 is 7.19. The molecule has 12 aromatic rings. The van der Waals surface area contributed by atoms with Gasteiger partial charge in [0, 0.05) is 51.1 Å². The summed E-state index contributed by atoms with van der Waals surface area (Å²) in [4.78, 5) is 46.7. The molecule has 0 spiro atoms. The lowest BCUT2D eigenvalue weighted by Crippen LogP contribution is -2.04. The van der Waals surface area contributed by atoms with Crippen LogP contribution < -0.4 is 32.0 Å². The minimum Gasteiger partial charge on any atom is -0.504 e. The van der Waals surface area contributed by atoms with Crippen LogP contribution >= 0.6 is 44.3 Å². The molecule has 0 fully saturated rings. The second kappa shape index (κ2) is 41.5. The fraction of sp³-hybridized carbons (Fsp3) is 0.173. The summed E-state index contributed by atoms with van der Waals surface area (Å²) in [6.07, 6.45) is 6.20. The molecule has 13 rings (SSSR count). The predicted octanol–water partition coefficient (Wildman–Crippen LogP) is 19.2. The highest BCUT2D eigenvalue weighted by Gasteiger charge is 2.19. The van der Waals surface area contributed by atoms with Gasteiger partial charge >= 0.3 is 23.8 Å². The highest BCUT2D eigenvalue weighted by molar-refractivity contribution is 9.09. The van der Waals surface area contributed by atoms with Crippen LogP contribution in [0, 0.1) is 13.8 Å². The monoisotopic (exact) mass is 1480 g/mol. The topological polar surface area (TPSA) is 229 Å². The van der Waals surface area contributed by atoms with E-state index < -0.39 is 48.6 Å². The maximum Gasteiger partial charge on any atom is 0.355 e. The summed E-state index contributed by atoms with van der Waals surface area (Å²) in [5.74, 6) is -0.523. The molecule has 0 radical (unpaired) electrons. The molecule has 514 valence electrons. The number of allylic oxidation sites excluding steroid dienone is 1. The number of aromatic hydroxyl groups is 4. The molecule has 98 heavy (non-hydrogen) atoms. The highest BCUT2D eigenvalue weighted by atomic mass is 79.9. The van der Waals surface area contributed by atoms with Gasteiger partial charge in [0.2, 0.25) is 11.5 Å². The van der Waals surface area contributed by atoms with E-state index in [-0.39, 0.29) is 86.9 Å². The number of benzene rings is 8. The van der Waals surface area contributed by atoms with Gasteiger partial charge in [-0.3, -0.25) is 4.39 Å². The van der Waals surface area contributed by atoms with E-state index in [1.807, 2.05) is 159 Å². The van der Waals surface area contributed by atoms with Crippen molar-refractivity contribution in [2.45, 2.75) is 41.5 Å². The maximum absolute atomic E-state index is 12.4. The Bertz CT molecular complexity index is 4660. The number of hydrogen-bond acceptors (Lipinski definition) is 16. The van der Waals surface area contributed by atoms with Crippen molar-refractivity contribution in [2.24, 2.45) is 0 Å². The number of aryl methyl sites for hydroxylation is 2. The molecule has 4 aromatic heterocycles. The van der Waals surface area contributed by atoms with Gasteiger partial charge in [0.05, 0.1) is 28.5 Å². The van der Waals surface area contributed by atoms with Gasteiger partial charge in [-0.25, -0.2) is 28.0 Å². The molecule has 8 aromatic carbocycles. The molecule has 0 saturated heterocycles. The fourth-order valence-corrected chi connectivity index (χ4v) is 9.52. The Morgan fingerprint density at radius 2 is 0.857 bits per heavy atom. The second-order valence-electron chi connectivity index (χ2n) is 20.1. The third-order valence-electron chi connectivity index (χ3n) is 13.7. The van der Waals surface area contributed by atoms with Crippen molar-refractivity contribution >= 4 is 99.9 Å². The molecule has 2 unspecified atom stereocenters. The molecule has 0 saturated carbocycles. The molecule has 1 aliphatic rings. The van der Waals surface area contributed by atoms with Crippen molar-refractivity contribution in [1.82, 2.24) is 0 Å². The van der Waals surface area contributed by atoms with Crippen LogP contribution in [-0.2, 0) is 16.5 Å². The fourth-order valence-electron chi connectivity index (χ4n) is 9.52. The first-order valence-corrected chi connectivity index (χ1v) is 33.8. The first-order valence-electron chi connectivity index (χ1n) is 29.6. The van der Waals surface area contributed by atoms with Gasteiger partial charge in [-0.2, -0.15) is 0 Å². The van der Waals surface area contributed by atoms with Crippen molar-refractivity contribution in [3.8, 4) is 79.0 Å². The minimum atomic E-state index is -0.870. The molecule has 4 N–H and O–H groups in total. The first kappa shape index (κ1) is 79.1. The van der Waals surface area contributed by atoms with E-state index in [0.717, 1.165) is 56.3 Å². The minimum absolute atomic E-state index is 0. The summed E-state index contributed by atoms with van der Waals surface area (Å²) < 4.78 is 78.0. The number of phenolic OH excluding ortho intramolecular Hbond substituents is 4. The molecule has 15 nitrogen and oxygen atoms in total. The zero-order valence-electron chi connectivity index (χ0n) is 52.6. The van der Waals surface area contributed by atoms with Crippen LogP contribution in [0.2, 0.25) is 0 Å². The number of ether oxygens (including phenoxy) is 3. The lowest BCUT2D eigenvalue weighted by atomic mass is 10.0. The lowest BCUT2D eigenvalue weighted by Gasteiger charge is -2.12. The van der Waals surface area contributed by atoms with E-state index in [9.17, 15) is 52.8 Å². The van der Waals surface area contributed by atoms with Crippen LogP contribution in [0.25, 0.3) is 88.4 Å². The van der Waals surface area contributed by atoms with Gasteiger partial charge in [0.1, 0.15) is 26.6 Å². The number of hydrogen-bond donors (Lipinski definition) is 4. The van der Waals surface area contributed by atoms with E-state index in [1.54, 1.807) is 25.3 Å². The quantitative estimate of drug-likeness (QED) is 0.0408. The Balaban J connectivity index is 0.000000260. The molecule has 1 aliphatic heterocycles. The van der Waals surface area contributed by atoms with E-state index in [1.165, 1.54) is 49.2 Å². The van der Waals surface area contributed by atoms with Crippen molar-refractivity contribution < 1.29 is 65.5 Å². The van der Waals surface area contributed by atoms with Crippen LogP contribution in [-0.4, -0.2) is 66.9 Å². The van der Waals surface area contributed by atoms with Gasteiger partial charge < -0.3 is 52.3 Å². The summed E-state index contributed by atoms with van der Waals surface area (Å²) in [6.45, 7) is 1.77. The molecule has 2 atom stereocenters. The number of phenols is 4. The smallest absolute Gasteiger partial charge is 0.355 e. The largest absolute Gasteiger partial charge is 0.504 e. The Labute approximate surface area is 588 Å². The molecule has 0 aliphatic carbocycles. The van der Waals surface area contributed by atoms with Gasteiger partial charge in [0.15, 0.2) is 64.1 Å². The van der Waals surface area contributed by atoms with Gasteiger partial charge in [-0.1, -0.05) is 176 Å². The Morgan fingerprint density at radius 3 is 1.24 bits per heavy atom. The van der Waals surface area contributed by atoms with E-state index in [2.05, 4.69) is 36.7 Å². The number of halogens is 5. The van der Waals surface area contributed by atoms with Crippen molar-refractivity contribution in [1.29, 1.82) is 1.28 Å². The van der Waals surface area contributed by atoms with Crippen molar-refractivity contribution in [3.63, 3.8) is 0 Å². The summed E-state index contributed by atoms with van der Waals surface area (Å²) in [5, 5.41) is 42.6. The number of fused-ring (bicyclic) bond motifs is 4. The van der Waals surface area contributed by atoms with Crippen LogP contribution in [0.1, 0.15) is 38.8 Å². The van der Waals surface area contributed by atoms with Gasteiger partial charge in [-0.15, -0.1) is 12.4 Å². The van der Waals surface area contributed by atoms with Crippen LogP contribution in [0.4, 0.5) is 13.2 Å². The highest BCUT2D eigenvalue weighted by Crippen LogP contribution is 2.41. The Hall–Kier alpha value is -9.55. The number of alkyl halides is 4. The molecule has 0 amide bonds. The van der Waals surface area contributed by atoms with Crippen LogP contribution in [0.15, 0.2) is 243 Å². The SMILES string of the molecule is C.C.C1=COCCC1.Cc1ccc2c(-c3ccccc3)cc(=O)oc2c1O.Cc1ccc2c(-c3ccccc3)cc(=O)oc2c1OCCF.Cl.FCCBr.O=c1cc(-c2ccccc2)c2ccc(O)c(OCCF)c2o1.O=c1ccc2c(-c3ccccc3)cc(O)c(O)c2o1.[3H][P+](P)=S. The van der Waals surface area contributed by atoms with Crippen LogP contribution in [0.5, 0.6) is 34.5 Å². The van der Waals surface area contributed by atoms with E-state index >= 15 is 0 Å². The zero-order valence-corrected chi connectivity index (χ0v) is 56.9. The van der Waals surface area contributed by atoms with E-state index in [4.69, 9.17) is 33.2 Å². The third kappa shape index (κ3) is 22.0. The normalized spacial score (nSPS) is 11.0. The Morgan fingerprint density at radius 1 is 0.500 bits per heavy atom. The molecular formula is C75H74BrClF3O15P2S+. The molecule has 5 heterocycles. The number of rotatable bonds is 11. The molecule has 23 heteroatoms. The van der Waals surface area contributed by atoms with Gasteiger partial charge in [0.25, 0.3) is 0 Å². The lowest BCUT2D eigenvalue weighted by molar-refractivity contribution is 0.231. The zero-order chi connectivity index (χ0) is 69.1. The summed E-state index contributed by atoms with van der Waals surface area (Å²) in [5.41, 5.74) is 6.55. The van der Waals surface area contributed by atoms with Crippen LogP contribution in [0.3, 0.4) is 0 Å². The van der Waals surface area contributed by atoms with Crippen molar-refractivity contribution in [2.75, 3.05) is 45.2 Å². The standard InChI is InChI=1S/C18H15FO3.C17H13FO4.C16H12O3.C15H10O4.C5H8O.C2H4BrF.2CH4.ClH.H2P2S/c1-12-7-8-14-15(13-5-3-2-4-6-13)11-16(20)22-18(14)17(12)21-10-9-19;18-8-9-21-17-14(19)7-6-12-13(10-15(20)22-16(12)17)11-4-2-1-3-5-11;1-10-7-8-12-13(11-5-3-2-4-6-11)9-14(17)19-16(12)15(10)18;16-12-8-11(9-4-2-1-3-5-9)10-6-7-13(17)19-15(10)14(12)18;1-2-4-6-5-3-1;3-1-2-4;;;;1-2-3/h2-8,11H,9-10H2,1H3;1-7,10,19H,8-9H2;2-9,18H,1H3;1-8,16,18H;2,4H,1,3,5H2;1-2H2;2*1H4;1H;1H2/p+1/i/hT. The summed E-state index contributed by atoms with van der Waals surface area (Å²) in [7, 11) is 2.20. The predicted molar refractivity (Wildman–Crippen MR) is 401 cm³/mol. The molecular weight excluding hydrogens is 1410 g/mol. The maximum atomic E-state index is 12.4. The summed E-state index contributed by atoms with van der Waals surface area (Å²) in [6, 6.07) is 56.9. The van der Waals surface area contributed by atoms with Gasteiger partial charge in [-0.05, 0) is 113 Å².